The molecule has 0 radical (unpaired) electrons. The van der Waals surface area contributed by atoms with Crippen LogP contribution in [0.5, 0.6) is 0 Å². The van der Waals surface area contributed by atoms with E-state index in [0.29, 0.717) is 23.9 Å². The van der Waals surface area contributed by atoms with Gasteiger partial charge in [0, 0.05) is 18.3 Å². The first kappa shape index (κ1) is 16.9. The number of carbonyl (C=O) groups excluding carboxylic acids is 1. The molecule has 0 saturated heterocycles. The van der Waals surface area contributed by atoms with Crippen molar-refractivity contribution in [1.82, 2.24) is 15.3 Å². The van der Waals surface area contributed by atoms with Gasteiger partial charge in [0.05, 0.1) is 0 Å². The first-order chi connectivity index (χ1) is 11.0. The minimum Gasteiger partial charge on any atom is -0.351 e. The summed E-state index contributed by atoms with van der Waals surface area (Å²) in [5, 5.41) is 6.20. The quantitative estimate of drug-likeness (QED) is 0.856. The average molecular weight is 312 g/mol. The number of nitrogens with zero attached hydrogens (tertiary/aromatic N) is 2. The summed E-state index contributed by atoms with van der Waals surface area (Å²) in [6, 6.07) is 7.90. The number of aryl methyl sites for hydroxylation is 3. The number of benzene rings is 1. The van der Waals surface area contributed by atoms with E-state index in [1.165, 1.54) is 5.56 Å². The third kappa shape index (κ3) is 4.28. The second-order valence-electron chi connectivity index (χ2n) is 5.53. The van der Waals surface area contributed by atoms with Crippen molar-refractivity contribution in [2.75, 3.05) is 11.9 Å². The Morgan fingerprint density at radius 1 is 1.17 bits per heavy atom. The second kappa shape index (κ2) is 7.72. The van der Waals surface area contributed by atoms with Gasteiger partial charge in [0.15, 0.2) is 0 Å². The smallest absolute Gasteiger partial charge is 0.270 e. The molecule has 0 bridgehead atoms. The number of aromatic nitrogens is 2. The van der Waals surface area contributed by atoms with Gasteiger partial charge in [-0.2, -0.15) is 0 Å². The van der Waals surface area contributed by atoms with Gasteiger partial charge in [-0.25, -0.2) is 9.97 Å². The summed E-state index contributed by atoms with van der Waals surface area (Å²) in [6.45, 7) is 8.63. The zero-order valence-corrected chi connectivity index (χ0v) is 14.2. The van der Waals surface area contributed by atoms with Crippen LogP contribution in [-0.4, -0.2) is 22.4 Å². The molecule has 2 N–H and O–H groups in total. The number of rotatable bonds is 6. The third-order valence-electron chi connectivity index (χ3n) is 3.60. The maximum atomic E-state index is 12.1. The van der Waals surface area contributed by atoms with Crippen molar-refractivity contribution >= 4 is 17.4 Å². The molecule has 1 amide bonds. The Hall–Kier alpha value is -2.43. The highest BCUT2D eigenvalue weighted by molar-refractivity contribution is 5.93. The van der Waals surface area contributed by atoms with Gasteiger partial charge < -0.3 is 10.6 Å². The molecule has 5 nitrogen and oxygen atoms in total. The van der Waals surface area contributed by atoms with Crippen LogP contribution in [0.3, 0.4) is 0 Å². The fourth-order valence-corrected chi connectivity index (χ4v) is 2.41. The summed E-state index contributed by atoms with van der Waals surface area (Å²) in [6.07, 6.45) is 1.82. The van der Waals surface area contributed by atoms with Gasteiger partial charge >= 0.3 is 0 Å². The maximum Gasteiger partial charge on any atom is 0.270 e. The molecule has 0 aliphatic heterocycles. The lowest BCUT2D eigenvalue weighted by Crippen LogP contribution is -2.25. The Morgan fingerprint density at radius 3 is 2.65 bits per heavy atom. The Morgan fingerprint density at radius 2 is 1.96 bits per heavy atom. The zero-order chi connectivity index (χ0) is 16.8. The molecular formula is C18H24N4O. The van der Waals surface area contributed by atoms with E-state index < -0.39 is 0 Å². The summed E-state index contributed by atoms with van der Waals surface area (Å²) in [4.78, 5) is 20.8. The van der Waals surface area contributed by atoms with Crippen molar-refractivity contribution in [3.63, 3.8) is 0 Å². The van der Waals surface area contributed by atoms with Crippen LogP contribution in [0.2, 0.25) is 0 Å². The number of carbonyl (C=O) groups is 1. The highest BCUT2D eigenvalue weighted by Gasteiger charge is 2.11. The monoisotopic (exact) mass is 312 g/mol. The molecule has 23 heavy (non-hydrogen) atoms. The van der Waals surface area contributed by atoms with Crippen LogP contribution in [0, 0.1) is 13.8 Å². The standard InChI is InChI=1S/C18H24N4O/c1-5-10-19-18(23)15-11-16(21-13(4)20-15)22-17-12(3)8-7-9-14(17)6-2/h7-9,11H,5-6,10H2,1-4H3,(H,19,23)(H,20,21,22). The van der Waals surface area contributed by atoms with E-state index in [2.05, 4.69) is 46.6 Å². The number of anilines is 2. The predicted octanol–water partition coefficient (Wildman–Crippen LogP) is 3.54. The van der Waals surface area contributed by atoms with E-state index in [9.17, 15) is 4.79 Å². The van der Waals surface area contributed by atoms with Gasteiger partial charge in [0.2, 0.25) is 0 Å². The van der Waals surface area contributed by atoms with Gasteiger partial charge in [-0.3, -0.25) is 4.79 Å². The van der Waals surface area contributed by atoms with Crippen LogP contribution in [0.15, 0.2) is 24.3 Å². The fourth-order valence-electron chi connectivity index (χ4n) is 2.41. The summed E-state index contributed by atoms with van der Waals surface area (Å²) < 4.78 is 0. The zero-order valence-electron chi connectivity index (χ0n) is 14.2. The number of hydrogen-bond acceptors (Lipinski definition) is 4. The van der Waals surface area contributed by atoms with E-state index in [0.717, 1.165) is 24.1 Å². The summed E-state index contributed by atoms with van der Waals surface area (Å²) in [7, 11) is 0. The molecule has 122 valence electrons. The molecule has 1 aromatic carbocycles. The molecule has 0 unspecified atom stereocenters. The molecule has 0 spiro atoms. The van der Waals surface area contributed by atoms with Crippen LogP contribution in [0.4, 0.5) is 11.5 Å². The molecule has 0 aliphatic rings. The molecule has 2 rings (SSSR count). The predicted molar refractivity (Wildman–Crippen MR) is 93.2 cm³/mol. The van der Waals surface area contributed by atoms with Gasteiger partial charge in [-0.05, 0) is 37.8 Å². The Balaban J connectivity index is 2.31. The highest BCUT2D eigenvalue weighted by Crippen LogP contribution is 2.24. The Kier molecular flexibility index (Phi) is 5.68. The van der Waals surface area contributed by atoms with Crippen LogP contribution >= 0.6 is 0 Å². The molecular weight excluding hydrogens is 288 g/mol. The van der Waals surface area contributed by atoms with Crippen molar-refractivity contribution < 1.29 is 4.79 Å². The highest BCUT2D eigenvalue weighted by atomic mass is 16.1. The van der Waals surface area contributed by atoms with Crippen molar-refractivity contribution in [3.8, 4) is 0 Å². The number of hydrogen-bond donors (Lipinski definition) is 2. The molecule has 1 aromatic heterocycles. The van der Waals surface area contributed by atoms with Crippen LogP contribution < -0.4 is 10.6 Å². The van der Waals surface area contributed by atoms with Gasteiger partial charge in [0.1, 0.15) is 17.3 Å². The Labute approximate surface area is 137 Å². The lowest BCUT2D eigenvalue weighted by atomic mass is 10.1. The lowest BCUT2D eigenvalue weighted by molar-refractivity contribution is 0.0948. The first-order valence-corrected chi connectivity index (χ1v) is 8.04. The molecule has 0 aliphatic carbocycles. The number of amides is 1. The van der Waals surface area contributed by atoms with E-state index in [-0.39, 0.29) is 5.91 Å². The van der Waals surface area contributed by atoms with Crippen molar-refractivity contribution in [3.05, 3.63) is 46.9 Å². The minimum atomic E-state index is -0.166. The van der Waals surface area contributed by atoms with Gasteiger partial charge in [0.25, 0.3) is 5.91 Å². The topological polar surface area (TPSA) is 66.9 Å². The molecule has 0 fully saturated rings. The maximum absolute atomic E-state index is 12.1. The van der Waals surface area contributed by atoms with Gasteiger partial charge in [-0.1, -0.05) is 32.0 Å². The van der Waals surface area contributed by atoms with Crippen LogP contribution in [0.25, 0.3) is 0 Å². The molecule has 0 saturated carbocycles. The van der Waals surface area contributed by atoms with Gasteiger partial charge in [-0.15, -0.1) is 0 Å². The normalized spacial score (nSPS) is 10.4. The van der Waals surface area contributed by atoms with E-state index in [4.69, 9.17) is 0 Å². The molecule has 5 heteroatoms. The largest absolute Gasteiger partial charge is 0.351 e. The van der Waals surface area contributed by atoms with Crippen molar-refractivity contribution in [2.45, 2.75) is 40.5 Å². The van der Waals surface area contributed by atoms with Crippen molar-refractivity contribution in [2.24, 2.45) is 0 Å². The molecule has 0 atom stereocenters. The van der Waals surface area contributed by atoms with Crippen LogP contribution in [-0.2, 0) is 6.42 Å². The summed E-state index contributed by atoms with van der Waals surface area (Å²) >= 11 is 0. The first-order valence-electron chi connectivity index (χ1n) is 8.04. The van der Waals surface area contributed by atoms with Crippen LogP contribution in [0.1, 0.15) is 47.7 Å². The van der Waals surface area contributed by atoms with E-state index in [1.54, 1.807) is 13.0 Å². The van der Waals surface area contributed by atoms with E-state index >= 15 is 0 Å². The molecule has 2 aromatic rings. The summed E-state index contributed by atoms with van der Waals surface area (Å²) in [5.74, 6) is 1.05. The van der Waals surface area contributed by atoms with Crippen molar-refractivity contribution in [1.29, 1.82) is 0 Å². The third-order valence-corrected chi connectivity index (χ3v) is 3.60. The lowest BCUT2D eigenvalue weighted by Gasteiger charge is -2.14. The minimum absolute atomic E-state index is 0.166. The second-order valence-corrected chi connectivity index (χ2v) is 5.53. The van der Waals surface area contributed by atoms with E-state index in [1.807, 2.05) is 13.0 Å². The average Bonchev–Trinajstić information content (AvgIpc) is 2.54. The number of nitrogens with one attached hydrogen (secondary N) is 2. The fraction of sp³-hybridized carbons (Fsp3) is 0.389. The number of para-hydroxylation sites is 1. The Bertz CT molecular complexity index is 697. The molecule has 1 heterocycles. The summed E-state index contributed by atoms with van der Waals surface area (Å²) in [5.41, 5.74) is 3.81. The SMILES string of the molecule is CCCNC(=O)c1cc(Nc2c(C)cccc2CC)nc(C)n1.